The molecule has 1 fully saturated rings. The van der Waals surface area contributed by atoms with Crippen LogP contribution in [0, 0.1) is 11.6 Å². The summed E-state index contributed by atoms with van der Waals surface area (Å²) in [6.07, 6.45) is 4.03. The van der Waals surface area contributed by atoms with E-state index >= 15 is 0 Å². The molecule has 1 spiro atoms. The highest BCUT2D eigenvalue weighted by molar-refractivity contribution is 6.08. The predicted molar refractivity (Wildman–Crippen MR) is 110 cm³/mol. The molecule has 0 radical (unpaired) electrons. The lowest BCUT2D eigenvalue weighted by Gasteiger charge is -2.39. The van der Waals surface area contributed by atoms with Crippen LogP contribution in [-0.4, -0.2) is 47.2 Å². The summed E-state index contributed by atoms with van der Waals surface area (Å²) < 4.78 is 29.5. The molecule has 2 aromatic rings. The fourth-order valence-corrected chi connectivity index (χ4v) is 5.34. The van der Waals surface area contributed by atoms with E-state index in [1.807, 2.05) is 4.90 Å². The van der Waals surface area contributed by atoms with Crippen molar-refractivity contribution < 1.29 is 18.7 Å². The summed E-state index contributed by atoms with van der Waals surface area (Å²) in [5, 5.41) is 9.37. The second-order valence-corrected chi connectivity index (χ2v) is 8.52. The van der Waals surface area contributed by atoms with E-state index in [0.29, 0.717) is 19.0 Å². The van der Waals surface area contributed by atoms with Gasteiger partial charge in [-0.1, -0.05) is 0 Å². The maximum absolute atomic E-state index is 14.9. The van der Waals surface area contributed by atoms with Gasteiger partial charge in [0.05, 0.1) is 23.4 Å². The SMILES string of the molecule is O=C1N(CCO)c2c(F)ccc(F)c2C12CCN(c1nc3c(c(=O)[nH]1)CCCC3)CC2. The summed E-state index contributed by atoms with van der Waals surface area (Å²) in [5.41, 5.74) is 0.298. The van der Waals surface area contributed by atoms with Crippen molar-refractivity contribution in [3.05, 3.63) is 50.9 Å². The summed E-state index contributed by atoms with van der Waals surface area (Å²) in [4.78, 5) is 36.4. The van der Waals surface area contributed by atoms with Crippen LogP contribution < -0.4 is 15.4 Å². The number of benzene rings is 1. The number of hydrogen-bond donors (Lipinski definition) is 2. The van der Waals surface area contributed by atoms with E-state index in [9.17, 15) is 23.5 Å². The van der Waals surface area contributed by atoms with Crippen molar-refractivity contribution >= 4 is 17.5 Å². The predicted octanol–water partition coefficient (Wildman–Crippen LogP) is 1.80. The Hall–Kier alpha value is -2.81. The zero-order chi connectivity index (χ0) is 21.8. The molecule has 0 unspecified atom stereocenters. The molecule has 1 aromatic heterocycles. The van der Waals surface area contributed by atoms with Crippen molar-refractivity contribution in [1.82, 2.24) is 9.97 Å². The first-order valence-electron chi connectivity index (χ1n) is 10.7. The highest BCUT2D eigenvalue weighted by Crippen LogP contribution is 2.50. The van der Waals surface area contributed by atoms with Crippen LogP contribution in [0.5, 0.6) is 0 Å². The number of hydrogen-bond acceptors (Lipinski definition) is 5. The Bertz CT molecular complexity index is 1110. The number of H-pyrrole nitrogens is 1. The van der Waals surface area contributed by atoms with Crippen molar-refractivity contribution in [2.75, 3.05) is 36.0 Å². The highest BCUT2D eigenvalue weighted by Gasteiger charge is 2.54. The lowest BCUT2D eigenvalue weighted by molar-refractivity contribution is -0.124. The van der Waals surface area contributed by atoms with Crippen molar-refractivity contribution in [1.29, 1.82) is 0 Å². The third-order valence-corrected chi connectivity index (χ3v) is 6.90. The molecule has 5 rings (SSSR count). The van der Waals surface area contributed by atoms with Gasteiger partial charge in [-0.3, -0.25) is 14.6 Å². The fraction of sp³-hybridized carbons (Fsp3) is 0.500. The number of nitrogens with zero attached hydrogens (tertiary/aromatic N) is 3. The summed E-state index contributed by atoms with van der Waals surface area (Å²) in [6.45, 7) is 0.312. The smallest absolute Gasteiger partial charge is 0.255 e. The van der Waals surface area contributed by atoms with E-state index in [1.54, 1.807) is 0 Å². The molecule has 9 heteroatoms. The van der Waals surface area contributed by atoms with Crippen molar-refractivity contribution in [2.45, 2.75) is 43.9 Å². The maximum Gasteiger partial charge on any atom is 0.255 e. The van der Waals surface area contributed by atoms with Gasteiger partial charge in [0.1, 0.15) is 11.6 Å². The lowest BCUT2D eigenvalue weighted by atomic mass is 9.73. The number of aryl methyl sites for hydroxylation is 1. The van der Waals surface area contributed by atoms with Gasteiger partial charge in [-0.15, -0.1) is 0 Å². The molecule has 1 amide bonds. The standard InChI is InChI=1S/C22H24F2N4O3/c23-14-5-6-15(24)18-17(14)22(20(31)28(18)11-12-29)7-9-27(10-8-22)21-25-16-4-2-1-3-13(16)19(30)26-21/h5-6,29H,1-4,7-12H2,(H,25,26,30). The number of carbonyl (C=O) groups excluding carboxylic acids is 1. The average Bonchev–Trinajstić information content (AvgIpc) is 3.01. The maximum atomic E-state index is 14.9. The van der Waals surface area contributed by atoms with Crippen LogP contribution >= 0.6 is 0 Å². The number of halogens is 2. The number of aromatic amines is 1. The Kier molecular flexibility index (Phi) is 4.80. The minimum atomic E-state index is -1.18. The second kappa shape index (κ2) is 7.40. The van der Waals surface area contributed by atoms with E-state index in [-0.39, 0.29) is 48.7 Å². The Morgan fingerprint density at radius 3 is 2.55 bits per heavy atom. The third kappa shape index (κ3) is 2.97. The van der Waals surface area contributed by atoms with Crippen molar-refractivity contribution in [3.8, 4) is 0 Å². The topological polar surface area (TPSA) is 89.5 Å². The molecule has 7 nitrogen and oxygen atoms in total. The molecule has 31 heavy (non-hydrogen) atoms. The number of β-amino-alcohol motifs (C(OH)–C–C–N with tert-alkyl or cyclic N) is 1. The van der Waals surface area contributed by atoms with Gasteiger partial charge >= 0.3 is 0 Å². The molecule has 1 saturated heterocycles. The second-order valence-electron chi connectivity index (χ2n) is 8.52. The number of aliphatic hydroxyl groups is 1. The van der Waals surface area contributed by atoms with Gasteiger partial charge in [-0.25, -0.2) is 13.8 Å². The zero-order valence-electron chi connectivity index (χ0n) is 17.1. The molecule has 1 aliphatic carbocycles. The Labute approximate surface area is 177 Å². The highest BCUT2D eigenvalue weighted by atomic mass is 19.1. The minimum Gasteiger partial charge on any atom is -0.395 e. The van der Waals surface area contributed by atoms with Gasteiger partial charge in [-0.2, -0.15) is 0 Å². The van der Waals surface area contributed by atoms with Crippen LogP contribution in [0.1, 0.15) is 42.5 Å². The average molecular weight is 430 g/mol. The largest absolute Gasteiger partial charge is 0.395 e. The first kappa shape index (κ1) is 20.1. The van der Waals surface area contributed by atoms with Gasteiger partial charge < -0.3 is 14.9 Å². The third-order valence-electron chi connectivity index (χ3n) is 6.90. The van der Waals surface area contributed by atoms with Crippen LogP contribution in [0.2, 0.25) is 0 Å². The first-order chi connectivity index (χ1) is 15.0. The Balaban J connectivity index is 1.48. The molecule has 0 saturated carbocycles. The number of nitrogens with one attached hydrogen (secondary N) is 1. The van der Waals surface area contributed by atoms with Crippen LogP contribution in [0.25, 0.3) is 0 Å². The molecular formula is C22H24F2N4O3. The first-order valence-corrected chi connectivity index (χ1v) is 10.7. The number of piperidine rings is 1. The number of aromatic nitrogens is 2. The Morgan fingerprint density at radius 1 is 1.10 bits per heavy atom. The summed E-state index contributed by atoms with van der Waals surface area (Å²) in [6, 6.07) is 2.07. The molecule has 3 heterocycles. The summed E-state index contributed by atoms with van der Waals surface area (Å²) in [7, 11) is 0. The van der Waals surface area contributed by atoms with Crippen molar-refractivity contribution in [3.63, 3.8) is 0 Å². The molecule has 3 aliphatic rings. The van der Waals surface area contributed by atoms with Crippen molar-refractivity contribution in [2.24, 2.45) is 0 Å². The monoisotopic (exact) mass is 430 g/mol. The van der Waals surface area contributed by atoms with E-state index in [4.69, 9.17) is 0 Å². The van der Waals surface area contributed by atoms with Gasteiger partial charge in [-0.05, 0) is 50.7 Å². The quantitative estimate of drug-likeness (QED) is 0.775. The fourth-order valence-electron chi connectivity index (χ4n) is 5.34. The van der Waals surface area contributed by atoms with Crippen LogP contribution in [0.3, 0.4) is 0 Å². The Morgan fingerprint density at radius 2 is 1.81 bits per heavy atom. The minimum absolute atomic E-state index is 0.0622. The molecule has 2 aliphatic heterocycles. The van der Waals surface area contributed by atoms with E-state index in [0.717, 1.165) is 49.1 Å². The normalized spacial score (nSPS) is 19.6. The molecular weight excluding hydrogens is 406 g/mol. The number of fused-ring (bicyclic) bond motifs is 3. The molecule has 164 valence electrons. The number of anilines is 2. The number of rotatable bonds is 3. The molecule has 0 bridgehead atoms. The summed E-state index contributed by atoms with van der Waals surface area (Å²) >= 11 is 0. The molecule has 1 aromatic carbocycles. The molecule has 2 N–H and O–H groups in total. The van der Waals surface area contributed by atoms with Gasteiger partial charge in [0.15, 0.2) is 0 Å². The van der Waals surface area contributed by atoms with Gasteiger partial charge in [0.2, 0.25) is 11.9 Å². The number of carbonyl (C=O) groups is 1. The summed E-state index contributed by atoms with van der Waals surface area (Å²) in [5.74, 6) is -1.19. The van der Waals surface area contributed by atoms with Gasteiger partial charge in [0.25, 0.3) is 5.56 Å². The van der Waals surface area contributed by atoms with Crippen LogP contribution in [0.4, 0.5) is 20.4 Å². The van der Waals surface area contributed by atoms with Gasteiger partial charge in [0, 0.05) is 30.8 Å². The number of aliphatic hydroxyl groups excluding tert-OH is 1. The van der Waals surface area contributed by atoms with E-state index in [2.05, 4.69) is 9.97 Å². The molecule has 0 atom stereocenters. The van der Waals surface area contributed by atoms with E-state index < -0.39 is 17.0 Å². The zero-order valence-corrected chi connectivity index (χ0v) is 17.1. The van der Waals surface area contributed by atoms with Crippen LogP contribution in [0.15, 0.2) is 16.9 Å². The van der Waals surface area contributed by atoms with E-state index in [1.165, 1.54) is 4.90 Å². The van der Waals surface area contributed by atoms with Crippen LogP contribution in [-0.2, 0) is 23.1 Å². The lowest BCUT2D eigenvalue weighted by Crippen LogP contribution is -2.50. The number of amides is 1.